The monoisotopic (exact) mass is 493 g/mol. The van der Waals surface area contributed by atoms with Crippen LogP contribution in [0.3, 0.4) is 0 Å². The second kappa shape index (κ2) is 11.7. The van der Waals surface area contributed by atoms with E-state index in [0.29, 0.717) is 12.5 Å². The van der Waals surface area contributed by atoms with E-state index in [1.165, 1.54) is 6.42 Å². The summed E-state index contributed by atoms with van der Waals surface area (Å²) in [5, 5.41) is 6.51. The van der Waals surface area contributed by atoms with Gasteiger partial charge in [-0.1, -0.05) is 12.8 Å². The zero-order valence-electron chi connectivity index (χ0n) is 17.1. The first-order valence-electron chi connectivity index (χ1n) is 10.0. The number of hydrogen-bond acceptors (Lipinski definition) is 3. The third kappa shape index (κ3) is 6.80. The van der Waals surface area contributed by atoms with E-state index in [1.807, 2.05) is 25.9 Å². The van der Waals surface area contributed by atoms with Crippen LogP contribution in [0.5, 0.6) is 0 Å². The predicted octanol–water partition coefficient (Wildman–Crippen LogP) is 1.82. The van der Waals surface area contributed by atoms with Crippen LogP contribution in [0.25, 0.3) is 0 Å². The Kier molecular flexibility index (Phi) is 10.4. The number of carbonyl (C=O) groups is 2. The van der Waals surface area contributed by atoms with Crippen molar-refractivity contribution in [2.75, 3.05) is 46.8 Å². The Bertz CT molecular complexity index is 512. The summed E-state index contributed by atoms with van der Waals surface area (Å²) in [4.78, 5) is 33.1. The molecule has 2 N–H and O–H groups in total. The molecule has 1 heterocycles. The molecule has 0 radical (unpaired) electrons. The first-order chi connectivity index (χ1) is 12.5. The number of amides is 2. The highest BCUT2D eigenvalue weighted by molar-refractivity contribution is 14.0. The molecule has 8 heteroatoms. The van der Waals surface area contributed by atoms with Gasteiger partial charge in [-0.15, -0.1) is 24.0 Å². The molecule has 27 heavy (non-hydrogen) atoms. The van der Waals surface area contributed by atoms with Gasteiger partial charge in [0, 0.05) is 40.3 Å². The first kappa shape index (κ1) is 24.0. The molecule has 0 atom stereocenters. The lowest BCUT2D eigenvalue weighted by atomic mass is 9.84. The van der Waals surface area contributed by atoms with E-state index >= 15 is 0 Å². The maximum atomic E-state index is 12.7. The fraction of sp³-hybridized carbons (Fsp3) is 0.842. The normalized spacial score (nSPS) is 19.2. The van der Waals surface area contributed by atoms with Gasteiger partial charge < -0.3 is 20.4 Å². The first-order valence-corrected chi connectivity index (χ1v) is 10.0. The Morgan fingerprint density at radius 3 is 2.22 bits per heavy atom. The SMILES string of the molecule is CCNC(=NCC(=O)N1CCCCC1)NCC1(C(=O)N(C)C)CCCC1.I. The predicted molar refractivity (Wildman–Crippen MR) is 119 cm³/mol. The number of likely N-dealkylation sites (tertiary alicyclic amines) is 1. The minimum atomic E-state index is -0.351. The molecule has 0 aromatic carbocycles. The molecule has 7 nitrogen and oxygen atoms in total. The average Bonchev–Trinajstić information content (AvgIpc) is 3.13. The van der Waals surface area contributed by atoms with Crippen molar-refractivity contribution >= 4 is 41.8 Å². The third-order valence-electron chi connectivity index (χ3n) is 5.44. The summed E-state index contributed by atoms with van der Waals surface area (Å²) in [5.41, 5.74) is -0.351. The van der Waals surface area contributed by atoms with Crippen molar-refractivity contribution in [3.05, 3.63) is 0 Å². The number of aliphatic imine (C=N–C) groups is 1. The molecule has 1 aliphatic carbocycles. The molecule has 1 saturated heterocycles. The molecule has 2 aliphatic rings. The van der Waals surface area contributed by atoms with Crippen molar-refractivity contribution in [2.45, 2.75) is 51.9 Å². The minimum Gasteiger partial charge on any atom is -0.357 e. The smallest absolute Gasteiger partial charge is 0.244 e. The Balaban J connectivity index is 0.00000364. The quantitative estimate of drug-likeness (QED) is 0.336. The number of guanidine groups is 1. The van der Waals surface area contributed by atoms with Crippen LogP contribution in [0, 0.1) is 5.41 Å². The van der Waals surface area contributed by atoms with E-state index in [-0.39, 0.29) is 47.8 Å². The molecule has 0 aromatic heterocycles. The van der Waals surface area contributed by atoms with Crippen molar-refractivity contribution in [3.8, 4) is 0 Å². The van der Waals surface area contributed by atoms with Gasteiger partial charge in [0.2, 0.25) is 11.8 Å². The number of hydrogen-bond donors (Lipinski definition) is 2. The Labute approximate surface area is 180 Å². The van der Waals surface area contributed by atoms with Crippen molar-refractivity contribution in [2.24, 2.45) is 10.4 Å². The summed E-state index contributed by atoms with van der Waals surface area (Å²) in [5.74, 6) is 0.889. The summed E-state index contributed by atoms with van der Waals surface area (Å²) in [6, 6.07) is 0. The van der Waals surface area contributed by atoms with E-state index in [4.69, 9.17) is 0 Å². The number of carbonyl (C=O) groups excluding carboxylic acids is 2. The van der Waals surface area contributed by atoms with Crippen LogP contribution in [0.1, 0.15) is 51.9 Å². The second-order valence-corrected chi connectivity index (χ2v) is 7.68. The van der Waals surface area contributed by atoms with Gasteiger partial charge >= 0.3 is 0 Å². The molecular formula is C19H36IN5O2. The molecule has 0 spiro atoms. The highest BCUT2D eigenvalue weighted by Gasteiger charge is 2.42. The van der Waals surface area contributed by atoms with Gasteiger partial charge in [-0.25, -0.2) is 4.99 Å². The van der Waals surface area contributed by atoms with Gasteiger partial charge in [0.05, 0.1) is 5.41 Å². The number of piperidine rings is 1. The topological polar surface area (TPSA) is 77.0 Å². The highest BCUT2D eigenvalue weighted by Crippen LogP contribution is 2.38. The summed E-state index contributed by atoms with van der Waals surface area (Å²) in [6.07, 6.45) is 7.36. The fourth-order valence-corrected chi connectivity index (χ4v) is 3.98. The van der Waals surface area contributed by atoms with Crippen LogP contribution in [-0.2, 0) is 9.59 Å². The number of nitrogens with one attached hydrogen (secondary N) is 2. The number of rotatable bonds is 6. The lowest BCUT2D eigenvalue weighted by molar-refractivity contribution is -0.139. The zero-order chi connectivity index (χ0) is 19.0. The molecule has 0 aromatic rings. The maximum Gasteiger partial charge on any atom is 0.244 e. The van der Waals surface area contributed by atoms with Crippen LogP contribution in [0.4, 0.5) is 0 Å². The maximum absolute atomic E-state index is 12.7. The molecule has 1 aliphatic heterocycles. The van der Waals surface area contributed by atoms with Crippen LogP contribution < -0.4 is 10.6 Å². The summed E-state index contributed by atoms with van der Waals surface area (Å²) >= 11 is 0. The van der Waals surface area contributed by atoms with Crippen LogP contribution in [-0.4, -0.2) is 74.4 Å². The van der Waals surface area contributed by atoms with E-state index in [1.54, 1.807) is 4.90 Å². The van der Waals surface area contributed by atoms with Crippen molar-refractivity contribution in [1.29, 1.82) is 0 Å². The molecular weight excluding hydrogens is 457 g/mol. The molecule has 2 rings (SSSR count). The summed E-state index contributed by atoms with van der Waals surface area (Å²) in [7, 11) is 3.64. The van der Waals surface area contributed by atoms with Gasteiger partial charge in [-0.3, -0.25) is 9.59 Å². The summed E-state index contributed by atoms with van der Waals surface area (Å²) < 4.78 is 0. The van der Waals surface area contributed by atoms with E-state index in [9.17, 15) is 9.59 Å². The molecule has 2 fully saturated rings. The molecule has 0 unspecified atom stereocenters. The van der Waals surface area contributed by atoms with Gasteiger partial charge in [-0.05, 0) is 39.0 Å². The summed E-state index contributed by atoms with van der Waals surface area (Å²) in [6.45, 7) is 5.13. The molecule has 2 amide bonds. The van der Waals surface area contributed by atoms with E-state index in [2.05, 4.69) is 15.6 Å². The molecule has 0 bridgehead atoms. The van der Waals surface area contributed by atoms with Crippen molar-refractivity contribution < 1.29 is 9.59 Å². The second-order valence-electron chi connectivity index (χ2n) is 7.68. The average molecular weight is 493 g/mol. The van der Waals surface area contributed by atoms with Crippen LogP contribution >= 0.6 is 24.0 Å². The standard InChI is InChI=1S/C19H35N5O2.HI/c1-4-20-18(21-14-16(25)24-12-8-5-9-13-24)22-15-19(10-6-7-11-19)17(26)23(2)3;/h4-15H2,1-3H3,(H2,20,21,22);1H. The fourth-order valence-electron chi connectivity index (χ4n) is 3.98. The van der Waals surface area contributed by atoms with E-state index in [0.717, 1.165) is 58.2 Å². The lowest BCUT2D eigenvalue weighted by Crippen LogP contribution is -2.49. The minimum absolute atomic E-state index is 0. The molecule has 156 valence electrons. The van der Waals surface area contributed by atoms with Crippen molar-refractivity contribution in [3.63, 3.8) is 0 Å². The van der Waals surface area contributed by atoms with Crippen molar-refractivity contribution in [1.82, 2.24) is 20.4 Å². The van der Waals surface area contributed by atoms with Crippen LogP contribution in [0.15, 0.2) is 4.99 Å². The van der Waals surface area contributed by atoms with Gasteiger partial charge in [0.15, 0.2) is 5.96 Å². The van der Waals surface area contributed by atoms with Crippen LogP contribution in [0.2, 0.25) is 0 Å². The van der Waals surface area contributed by atoms with Gasteiger partial charge in [0.1, 0.15) is 6.54 Å². The highest BCUT2D eigenvalue weighted by atomic mass is 127. The Morgan fingerprint density at radius 2 is 1.67 bits per heavy atom. The Morgan fingerprint density at radius 1 is 1.04 bits per heavy atom. The molecule has 1 saturated carbocycles. The van der Waals surface area contributed by atoms with Gasteiger partial charge in [0.25, 0.3) is 0 Å². The lowest BCUT2D eigenvalue weighted by Gasteiger charge is -2.31. The van der Waals surface area contributed by atoms with E-state index < -0.39 is 0 Å². The number of nitrogens with zero attached hydrogens (tertiary/aromatic N) is 3. The third-order valence-corrected chi connectivity index (χ3v) is 5.44. The zero-order valence-corrected chi connectivity index (χ0v) is 19.4. The number of halogens is 1. The largest absolute Gasteiger partial charge is 0.357 e. The van der Waals surface area contributed by atoms with Gasteiger partial charge in [-0.2, -0.15) is 0 Å². The Hall–Kier alpha value is -1.06.